The highest BCUT2D eigenvalue weighted by Gasteiger charge is 2.17. The molecule has 1 unspecified atom stereocenters. The Bertz CT molecular complexity index is 786. The third-order valence-electron chi connectivity index (χ3n) is 3.47. The van der Waals surface area contributed by atoms with Crippen LogP contribution in [0, 0.1) is 17.5 Å². The first kappa shape index (κ1) is 20.4. The average molecular weight is 408 g/mol. The quantitative estimate of drug-likeness (QED) is 0.692. The Balaban J connectivity index is 1.83. The van der Waals surface area contributed by atoms with Gasteiger partial charge in [0, 0.05) is 0 Å². The van der Waals surface area contributed by atoms with Crippen LogP contribution in [0.4, 0.5) is 18.9 Å². The number of halogens is 5. The highest BCUT2D eigenvalue weighted by Crippen LogP contribution is 2.32. The molecule has 2 rings (SSSR count). The van der Waals surface area contributed by atoms with E-state index in [-0.39, 0.29) is 13.2 Å². The van der Waals surface area contributed by atoms with E-state index >= 15 is 0 Å². The zero-order chi connectivity index (χ0) is 19.3. The summed E-state index contributed by atoms with van der Waals surface area (Å²) in [5.41, 5.74) is -0.416. The lowest BCUT2D eigenvalue weighted by molar-refractivity contribution is -0.871. The Morgan fingerprint density at radius 2 is 1.77 bits per heavy atom. The second kappa shape index (κ2) is 9.12. The van der Waals surface area contributed by atoms with Crippen molar-refractivity contribution in [2.45, 2.75) is 0 Å². The lowest BCUT2D eigenvalue weighted by Crippen LogP contribution is -3.10. The van der Waals surface area contributed by atoms with Crippen LogP contribution in [0.3, 0.4) is 0 Å². The maximum Gasteiger partial charge on any atom is 0.279 e. The molecule has 0 radical (unpaired) electrons. The second-order valence-corrected chi connectivity index (χ2v) is 6.37. The van der Waals surface area contributed by atoms with Gasteiger partial charge in [-0.25, -0.2) is 13.2 Å². The van der Waals surface area contributed by atoms with Crippen LogP contribution < -0.4 is 15.0 Å². The number of carbonyl (C=O) groups excluding carboxylic acids is 1. The molecule has 0 fully saturated rings. The minimum Gasteiger partial charge on any atom is -0.485 e. The average Bonchev–Trinajstić information content (AvgIpc) is 2.58. The number of ether oxygens (including phenoxy) is 1. The van der Waals surface area contributed by atoms with Gasteiger partial charge in [0.15, 0.2) is 29.7 Å². The van der Waals surface area contributed by atoms with Gasteiger partial charge >= 0.3 is 0 Å². The monoisotopic (exact) mass is 407 g/mol. The fourth-order valence-electron chi connectivity index (χ4n) is 2.13. The highest BCUT2D eigenvalue weighted by atomic mass is 35.5. The summed E-state index contributed by atoms with van der Waals surface area (Å²) >= 11 is 12.0. The predicted octanol–water partition coefficient (Wildman–Crippen LogP) is 2.94. The molecule has 140 valence electrons. The van der Waals surface area contributed by atoms with Crippen molar-refractivity contribution >= 4 is 34.8 Å². The zero-order valence-electron chi connectivity index (χ0n) is 13.7. The van der Waals surface area contributed by atoms with Gasteiger partial charge in [-0.15, -0.1) is 0 Å². The molecule has 2 aromatic rings. The van der Waals surface area contributed by atoms with Crippen molar-refractivity contribution < 1.29 is 27.6 Å². The zero-order valence-corrected chi connectivity index (χ0v) is 15.2. The summed E-state index contributed by atoms with van der Waals surface area (Å²) in [6.07, 6.45) is 0. The highest BCUT2D eigenvalue weighted by molar-refractivity contribution is 6.37. The number of nitrogens with one attached hydrogen (secondary N) is 2. The number of benzene rings is 2. The second-order valence-electron chi connectivity index (χ2n) is 5.55. The van der Waals surface area contributed by atoms with Gasteiger partial charge in [-0.05, 0) is 24.3 Å². The van der Waals surface area contributed by atoms with Gasteiger partial charge in [0.2, 0.25) is 0 Å². The molecule has 0 spiro atoms. The number of para-hydroxylation sites is 1. The van der Waals surface area contributed by atoms with Crippen molar-refractivity contribution in [2.24, 2.45) is 0 Å². The maximum absolute atomic E-state index is 13.5. The molecule has 1 amide bonds. The number of rotatable bonds is 7. The molecular formula is C17H16Cl2F3N2O2+. The molecule has 0 aliphatic rings. The van der Waals surface area contributed by atoms with Gasteiger partial charge in [0.25, 0.3) is 5.91 Å². The van der Waals surface area contributed by atoms with E-state index in [0.717, 1.165) is 17.0 Å². The van der Waals surface area contributed by atoms with Crippen molar-refractivity contribution in [1.29, 1.82) is 0 Å². The van der Waals surface area contributed by atoms with Crippen LogP contribution in [0.5, 0.6) is 5.75 Å². The SMILES string of the molecule is C[NH+](CCOc1c(Cl)cccc1Cl)CC(=O)Nc1ccc(F)c(F)c1F. The standard InChI is InChI=1S/C17H15Cl2F3N2O2/c1-24(7-8-26-17-10(18)3-2-4-11(17)19)9-14(25)23-13-6-5-12(20)15(21)16(13)22/h2-6H,7-9H2,1H3,(H,23,25)/p+1. The lowest BCUT2D eigenvalue weighted by atomic mass is 10.2. The molecule has 2 N–H and O–H groups in total. The number of hydrogen-bond acceptors (Lipinski definition) is 2. The smallest absolute Gasteiger partial charge is 0.279 e. The molecule has 1 atom stereocenters. The Hall–Kier alpha value is -1.96. The number of carbonyl (C=O) groups is 1. The third kappa shape index (κ3) is 5.27. The van der Waals surface area contributed by atoms with Gasteiger partial charge in [-0.2, -0.15) is 0 Å². The van der Waals surface area contributed by atoms with E-state index in [4.69, 9.17) is 27.9 Å². The van der Waals surface area contributed by atoms with Crippen molar-refractivity contribution in [3.05, 3.63) is 57.8 Å². The third-order valence-corrected chi connectivity index (χ3v) is 4.06. The van der Waals surface area contributed by atoms with E-state index < -0.39 is 29.0 Å². The van der Waals surface area contributed by atoms with Gasteiger partial charge in [-0.3, -0.25) is 4.79 Å². The van der Waals surface area contributed by atoms with E-state index in [9.17, 15) is 18.0 Å². The number of likely N-dealkylation sites (N-methyl/N-ethyl adjacent to an activating group) is 1. The van der Waals surface area contributed by atoms with E-state index in [1.807, 2.05) is 0 Å². The van der Waals surface area contributed by atoms with Crippen LogP contribution in [0.1, 0.15) is 0 Å². The summed E-state index contributed by atoms with van der Waals surface area (Å²) in [6, 6.07) is 6.68. The first-order valence-electron chi connectivity index (χ1n) is 7.61. The first-order chi connectivity index (χ1) is 12.3. The van der Waals surface area contributed by atoms with Crippen LogP contribution in [0.15, 0.2) is 30.3 Å². The largest absolute Gasteiger partial charge is 0.485 e. The number of anilines is 1. The molecule has 0 saturated carbocycles. The summed E-state index contributed by atoms with van der Waals surface area (Å²) in [5, 5.41) is 2.96. The molecule has 26 heavy (non-hydrogen) atoms. The van der Waals surface area contributed by atoms with Crippen molar-refractivity contribution in [2.75, 3.05) is 32.1 Å². The molecule has 0 aliphatic heterocycles. The van der Waals surface area contributed by atoms with Crippen molar-refractivity contribution in [3.8, 4) is 5.75 Å². The Morgan fingerprint density at radius 3 is 2.42 bits per heavy atom. The van der Waals surface area contributed by atoms with Gasteiger partial charge in [0.05, 0.1) is 22.8 Å². The van der Waals surface area contributed by atoms with E-state index in [0.29, 0.717) is 22.3 Å². The van der Waals surface area contributed by atoms with E-state index in [1.54, 1.807) is 25.2 Å². The fourth-order valence-corrected chi connectivity index (χ4v) is 2.63. The Kier molecular flexibility index (Phi) is 7.14. The molecule has 0 aromatic heterocycles. The summed E-state index contributed by atoms with van der Waals surface area (Å²) in [4.78, 5) is 12.7. The summed E-state index contributed by atoms with van der Waals surface area (Å²) in [7, 11) is 1.72. The molecule has 4 nitrogen and oxygen atoms in total. The molecule has 9 heteroatoms. The maximum atomic E-state index is 13.5. The van der Waals surface area contributed by atoms with Crippen molar-refractivity contribution in [1.82, 2.24) is 0 Å². The number of quaternary nitrogens is 1. The topological polar surface area (TPSA) is 42.8 Å². The van der Waals surface area contributed by atoms with Gasteiger partial charge < -0.3 is 15.0 Å². The minimum absolute atomic E-state index is 0.0297. The summed E-state index contributed by atoms with van der Waals surface area (Å²) in [6.45, 7) is 0.634. The van der Waals surface area contributed by atoms with Crippen molar-refractivity contribution in [3.63, 3.8) is 0 Å². The summed E-state index contributed by atoms with van der Waals surface area (Å²) in [5.74, 6) is -4.58. The number of amides is 1. The normalized spacial score (nSPS) is 11.9. The number of hydrogen-bond donors (Lipinski definition) is 2. The molecule has 2 aromatic carbocycles. The van der Waals surface area contributed by atoms with E-state index in [2.05, 4.69) is 5.32 Å². The van der Waals surface area contributed by atoms with Gasteiger partial charge in [-0.1, -0.05) is 29.3 Å². The van der Waals surface area contributed by atoms with Crippen LogP contribution >= 0.6 is 23.2 Å². The Morgan fingerprint density at radius 1 is 1.12 bits per heavy atom. The molecule has 0 heterocycles. The van der Waals surface area contributed by atoms with Crippen LogP contribution in [0.2, 0.25) is 10.0 Å². The van der Waals surface area contributed by atoms with Crippen LogP contribution in [-0.2, 0) is 4.79 Å². The molecule has 0 saturated heterocycles. The van der Waals surface area contributed by atoms with E-state index in [1.165, 1.54) is 0 Å². The lowest BCUT2D eigenvalue weighted by Gasteiger charge is -2.15. The van der Waals surface area contributed by atoms with Gasteiger partial charge in [0.1, 0.15) is 13.2 Å². The molecular weight excluding hydrogens is 392 g/mol. The first-order valence-corrected chi connectivity index (χ1v) is 8.36. The van der Waals surface area contributed by atoms with Crippen LogP contribution in [-0.4, -0.2) is 32.7 Å². The fraction of sp³-hybridized carbons (Fsp3) is 0.235. The predicted molar refractivity (Wildman–Crippen MR) is 93.5 cm³/mol. The Labute approximate surface area is 158 Å². The minimum atomic E-state index is -1.63. The molecule has 0 aliphatic carbocycles. The molecule has 0 bridgehead atoms. The van der Waals surface area contributed by atoms with Crippen LogP contribution in [0.25, 0.3) is 0 Å². The summed E-state index contributed by atoms with van der Waals surface area (Å²) < 4.78 is 45.1.